The molecule has 1 aromatic carbocycles. The first-order valence-electron chi connectivity index (χ1n) is 10.0. The number of piperidine rings is 1. The van der Waals surface area contributed by atoms with Gasteiger partial charge in [0.1, 0.15) is 5.75 Å². The number of carbonyl (C=O) groups is 1. The number of likely N-dealkylation sites (tertiary alicyclic amines) is 1. The van der Waals surface area contributed by atoms with E-state index in [0.29, 0.717) is 32.1 Å². The summed E-state index contributed by atoms with van der Waals surface area (Å²) >= 11 is 0. The van der Waals surface area contributed by atoms with Crippen LogP contribution in [-0.4, -0.2) is 64.3 Å². The third kappa shape index (κ3) is 7.38. The summed E-state index contributed by atoms with van der Waals surface area (Å²) < 4.78 is 10.8. The lowest BCUT2D eigenvalue weighted by Crippen LogP contribution is -2.45. The van der Waals surface area contributed by atoms with Gasteiger partial charge in [-0.05, 0) is 36.5 Å². The maximum Gasteiger partial charge on any atom is 0.220 e. The van der Waals surface area contributed by atoms with Gasteiger partial charge in [-0.3, -0.25) is 9.79 Å². The van der Waals surface area contributed by atoms with Gasteiger partial charge in [-0.2, -0.15) is 0 Å². The summed E-state index contributed by atoms with van der Waals surface area (Å²) in [6, 6.07) is 8.12. The Kier molecular flexibility index (Phi) is 9.62. The summed E-state index contributed by atoms with van der Waals surface area (Å²) in [6.07, 6.45) is 3.52. The fourth-order valence-corrected chi connectivity index (χ4v) is 3.37. The minimum Gasteiger partial charge on any atom is -0.493 e. The van der Waals surface area contributed by atoms with Crippen LogP contribution in [0.5, 0.6) is 5.75 Å². The van der Waals surface area contributed by atoms with Crippen LogP contribution >= 0.6 is 0 Å². The van der Waals surface area contributed by atoms with Gasteiger partial charge in [-0.15, -0.1) is 0 Å². The minimum absolute atomic E-state index is 0.130. The van der Waals surface area contributed by atoms with Crippen LogP contribution in [0.25, 0.3) is 0 Å². The molecule has 1 saturated heterocycles. The molecule has 1 aromatic rings. The molecule has 0 unspecified atom stereocenters. The average Bonchev–Trinajstić information content (AvgIpc) is 2.73. The fourth-order valence-electron chi connectivity index (χ4n) is 3.37. The van der Waals surface area contributed by atoms with E-state index < -0.39 is 0 Å². The van der Waals surface area contributed by atoms with Gasteiger partial charge < -0.3 is 25.0 Å². The summed E-state index contributed by atoms with van der Waals surface area (Å²) in [6.45, 7) is 3.89. The Morgan fingerprint density at radius 2 is 2.07 bits per heavy atom. The van der Waals surface area contributed by atoms with E-state index in [1.165, 1.54) is 0 Å². The Labute approximate surface area is 168 Å². The van der Waals surface area contributed by atoms with Crippen LogP contribution in [-0.2, 0) is 16.1 Å². The zero-order chi connectivity index (χ0) is 20.2. The first-order valence-corrected chi connectivity index (χ1v) is 10.0. The highest BCUT2D eigenvalue weighted by Gasteiger charge is 2.22. The Morgan fingerprint density at radius 1 is 1.29 bits per heavy atom. The van der Waals surface area contributed by atoms with Crippen LogP contribution in [0, 0.1) is 5.92 Å². The number of hydrogen-bond donors (Lipinski definition) is 2. The van der Waals surface area contributed by atoms with Crippen molar-refractivity contribution in [3.8, 4) is 5.75 Å². The van der Waals surface area contributed by atoms with Crippen molar-refractivity contribution in [2.24, 2.45) is 10.9 Å². The molecular formula is C21H34N4O3. The topological polar surface area (TPSA) is 75.2 Å². The second-order valence-electron chi connectivity index (χ2n) is 7.05. The van der Waals surface area contributed by atoms with Crippen molar-refractivity contribution in [2.45, 2.75) is 32.2 Å². The van der Waals surface area contributed by atoms with Crippen molar-refractivity contribution >= 4 is 11.9 Å². The molecule has 0 atom stereocenters. The smallest absolute Gasteiger partial charge is 0.220 e. The molecule has 0 bridgehead atoms. The zero-order valence-electron chi connectivity index (χ0n) is 17.4. The number of ether oxygens (including phenoxy) is 2. The summed E-state index contributed by atoms with van der Waals surface area (Å²) in [7, 11) is 5.21. The van der Waals surface area contributed by atoms with Gasteiger partial charge in [0.05, 0.1) is 6.61 Å². The molecule has 0 saturated carbocycles. The first-order chi connectivity index (χ1) is 13.7. The van der Waals surface area contributed by atoms with Crippen molar-refractivity contribution in [3.05, 3.63) is 29.8 Å². The van der Waals surface area contributed by atoms with Crippen LogP contribution in [0.3, 0.4) is 0 Å². The van der Waals surface area contributed by atoms with E-state index in [-0.39, 0.29) is 5.91 Å². The van der Waals surface area contributed by atoms with Crippen LogP contribution in [0.4, 0.5) is 0 Å². The quantitative estimate of drug-likeness (QED) is 0.383. The van der Waals surface area contributed by atoms with E-state index in [0.717, 1.165) is 49.6 Å². The predicted octanol–water partition coefficient (Wildman–Crippen LogP) is 2.03. The Morgan fingerprint density at radius 3 is 2.75 bits per heavy atom. The molecule has 0 aromatic heterocycles. The van der Waals surface area contributed by atoms with E-state index in [1.807, 2.05) is 19.2 Å². The van der Waals surface area contributed by atoms with E-state index in [4.69, 9.17) is 9.47 Å². The Hall–Kier alpha value is -2.28. The predicted molar refractivity (Wildman–Crippen MR) is 112 cm³/mol. The SMILES string of the molecule is CN=C(NCc1cccc(OCCCOC)c1)N1CCC(CC(=O)NC)CC1. The minimum atomic E-state index is 0.130. The number of guanidine groups is 1. The van der Waals surface area contributed by atoms with Gasteiger partial charge >= 0.3 is 0 Å². The number of nitrogens with one attached hydrogen (secondary N) is 2. The van der Waals surface area contributed by atoms with Gasteiger partial charge in [-0.1, -0.05) is 12.1 Å². The van der Waals surface area contributed by atoms with Gasteiger partial charge in [0.15, 0.2) is 5.96 Å². The second kappa shape index (κ2) is 12.2. The van der Waals surface area contributed by atoms with Crippen LogP contribution in [0.2, 0.25) is 0 Å². The van der Waals surface area contributed by atoms with Crippen molar-refractivity contribution in [1.82, 2.24) is 15.5 Å². The third-order valence-corrected chi connectivity index (χ3v) is 4.99. The standard InChI is InChI=1S/C21H34N4O3/c1-22-20(26)15-17-8-10-25(11-9-17)21(23-2)24-16-18-6-4-7-19(14-18)28-13-5-12-27-3/h4,6-7,14,17H,5,8-13,15-16H2,1-3H3,(H,22,26)(H,23,24). The molecule has 7 heteroatoms. The molecule has 28 heavy (non-hydrogen) atoms. The molecule has 1 aliphatic heterocycles. The summed E-state index contributed by atoms with van der Waals surface area (Å²) in [5.41, 5.74) is 1.15. The largest absolute Gasteiger partial charge is 0.493 e. The number of carbonyl (C=O) groups excluding carboxylic acids is 1. The number of aliphatic imine (C=N–C) groups is 1. The molecular weight excluding hydrogens is 356 g/mol. The molecule has 1 fully saturated rings. The van der Waals surface area contributed by atoms with E-state index in [9.17, 15) is 4.79 Å². The first kappa shape index (κ1) is 22.0. The molecule has 0 spiro atoms. The molecule has 7 nitrogen and oxygen atoms in total. The number of nitrogens with zero attached hydrogens (tertiary/aromatic N) is 2. The number of methoxy groups -OCH3 is 1. The lowest BCUT2D eigenvalue weighted by Gasteiger charge is -2.34. The number of benzene rings is 1. The maximum atomic E-state index is 11.6. The summed E-state index contributed by atoms with van der Waals surface area (Å²) in [5.74, 6) is 2.37. The highest BCUT2D eigenvalue weighted by atomic mass is 16.5. The van der Waals surface area contributed by atoms with Crippen molar-refractivity contribution in [2.75, 3.05) is 47.5 Å². The van der Waals surface area contributed by atoms with E-state index in [1.54, 1.807) is 14.2 Å². The van der Waals surface area contributed by atoms with Crippen LogP contribution in [0.1, 0.15) is 31.2 Å². The molecule has 1 amide bonds. The molecule has 1 aliphatic rings. The molecule has 0 radical (unpaired) electrons. The molecule has 1 heterocycles. The van der Waals surface area contributed by atoms with Gasteiger partial charge in [0, 0.05) is 60.3 Å². The van der Waals surface area contributed by atoms with Crippen molar-refractivity contribution < 1.29 is 14.3 Å². The summed E-state index contributed by atoms with van der Waals surface area (Å²) in [5, 5.41) is 6.16. The van der Waals surface area contributed by atoms with E-state index >= 15 is 0 Å². The number of rotatable bonds is 9. The van der Waals surface area contributed by atoms with Crippen molar-refractivity contribution in [1.29, 1.82) is 0 Å². The molecule has 2 N–H and O–H groups in total. The Balaban J connectivity index is 1.79. The van der Waals surface area contributed by atoms with Crippen LogP contribution < -0.4 is 15.4 Å². The third-order valence-electron chi connectivity index (χ3n) is 4.99. The lowest BCUT2D eigenvalue weighted by molar-refractivity contribution is -0.121. The highest BCUT2D eigenvalue weighted by Crippen LogP contribution is 2.20. The van der Waals surface area contributed by atoms with Gasteiger partial charge in [0.25, 0.3) is 0 Å². The molecule has 2 rings (SSSR count). The van der Waals surface area contributed by atoms with Gasteiger partial charge in [-0.25, -0.2) is 0 Å². The highest BCUT2D eigenvalue weighted by molar-refractivity contribution is 5.80. The maximum absolute atomic E-state index is 11.6. The zero-order valence-corrected chi connectivity index (χ0v) is 17.4. The number of hydrogen-bond acceptors (Lipinski definition) is 4. The Bertz CT molecular complexity index is 628. The van der Waals surface area contributed by atoms with Gasteiger partial charge in [0.2, 0.25) is 5.91 Å². The summed E-state index contributed by atoms with van der Waals surface area (Å²) in [4.78, 5) is 18.3. The average molecular weight is 391 g/mol. The normalized spacial score (nSPS) is 15.4. The van der Waals surface area contributed by atoms with Crippen molar-refractivity contribution in [3.63, 3.8) is 0 Å². The van der Waals surface area contributed by atoms with E-state index in [2.05, 4.69) is 32.7 Å². The number of amides is 1. The molecule has 156 valence electrons. The fraction of sp³-hybridized carbons (Fsp3) is 0.619. The second-order valence-corrected chi connectivity index (χ2v) is 7.05. The monoisotopic (exact) mass is 390 g/mol. The lowest BCUT2D eigenvalue weighted by atomic mass is 9.93. The molecule has 0 aliphatic carbocycles. The van der Waals surface area contributed by atoms with Crippen LogP contribution in [0.15, 0.2) is 29.3 Å².